The summed E-state index contributed by atoms with van der Waals surface area (Å²) in [5, 5.41) is 0. The van der Waals surface area contributed by atoms with Crippen LogP contribution in [0.5, 0.6) is 0 Å². The third kappa shape index (κ3) is 3.75. The van der Waals surface area contributed by atoms with Crippen LogP contribution in [0.2, 0.25) is 0 Å². The second-order valence-corrected chi connectivity index (χ2v) is 8.30. The number of carbonyl (C=O) groups is 1. The zero-order valence-electron chi connectivity index (χ0n) is 15.4. The standard InChI is InChI=1S/C21H30N2O2/c1-17-4-6-18(7-5-17)20(24)23-12-8-21(9-13-23)14-19(25-16-21)15-22-10-2-3-11-22/h4-7,19H,2-3,8-16H2,1H3. The molecule has 0 saturated carbocycles. The third-order valence-corrected chi connectivity index (χ3v) is 6.36. The van der Waals surface area contributed by atoms with Crippen molar-refractivity contribution in [3.8, 4) is 0 Å². The lowest BCUT2D eigenvalue weighted by Gasteiger charge is -2.38. The summed E-state index contributed by atoms with van der Waals surface area (Å²) < 4.78 is 6.16. The number of hydrogen-bond donors (Lipinski definition) is 0. The molecule has 25 heavy (non-hydrogen) atoms. The molecule has 3 fully saturated rings. The van der Waals surface area contributed by atoms with E-state index < -0.39 is 0 Å². The Labute approximate surface area is 151 Å². The average molecular weight is 342 g/mol. The van der Waals surface area contributed by atoms with Crippen LogP contribution in [0.25, 0.3) is 0 Å². The number of benzene rings is 1. The van der Waals surface area contributed by atoms with Crippen molar-refractivity contribution in [2.75, 3.05) is 39.3 Å². The number of hydrogen-bond acceptors (Lipinski definition) is 3. The molecule has 1 unspecified atom stereocenters. The third-order valence-electron chi connectivity index (χ3n) is 6.36. The van der Waals surface area contributed by atoms with E-state index in [0.717, 1.165) is 44.6 Å². The van der Waals surface area contributed by atoms with E-state index in [1.807, 2.05) is 29.2 Å². The van der Waals surface area contributed by atoms with Crippen LogP contribution in [0.4, 0.5) is 0 Å². The van der Waals surface area contributed by atoms with Crippen LogP contribution in [0.1, 0.15) is 48.0 Å². The molecule has 3 saturated heterocycles. The molecular formula is C21H30N2O2. The second-order valence-electron chi connectivity index (χ2n) is 8.30. The summed E-state index contributed by atoms with van der Waals surface area (Å²) in [7, 11) is 0. The van der Waals surface area contributed by atoms with Crippen LogP contribution < -0.4 is 0 Å². The lowest BCUT2D eigenvalue weighted by atomic mass is 9.76. The van der Waals surface area contributed by atoms with Gasteiger partial charge in [-0.05, 0) is 69.7 Å². The molecule has 1 aromatic carbocycles. The molecule has 1 aromatic rings. The summed E-state index contributed by atoms with van der Waals surface area (Å²) in [6.07, 6.45) is 6.43. The predicted octanol–water partition coefficient (Wildman–Crippen LogP) is 3.10. The van der Waals surface area contributed by atoms with Gasteiger partial charge in [-0.25, -0.2) is 0 Å². The van der Waals surface area contributed by atoms with Gasteiger partial charge < -0.3 is 14.5 Å². The van der Waals surface area contributed by atoms with Crippen molar-refractivity contribution < 1.29 is 9.53 Å². The summed E-state index contributed by atoms with van der Waals surface area (Å²) in [5.74, 6) is 0.183. The lowest BCUT2D eigenvalue weighted by Crippen LogP contribution is -2.43. The van der Waals surface area contributed by atoms with Gasteiger partial charge in [-0.3, -0.25) is 4.79 Å². The lowest BCUT2D eigenvalue weighted by molar-refractivity contribution is 0.0460. The van der Waals surface area contributed by atoms with Crippen LogP contribution in [0, 0.1) is 12.3 Å². The Balaban J connectivity index is 1.30. The van der Waals surface area contributed by atoms with E-state index in [9.17, 15) is 4.79 Å². The molecule has 136 valence electrons. The first kappa shape index (κ1) is 17.0. The number of nitrogens with zero attached hydrogens (tertiary/aromatic N) is 2. The van der Waals surface area contributed by atoms with Crippen molar-refractivity contribution in [1.82, 2.24) is 9.80 Å². The highest BCUT2D eigenvalue weighted by molar-refractivity contribution is 5.94. The van der Waals surface area contributed by atoms with Crippen molar-refractivity contribution in [2.45, 2.75) is 45.1 Å². The summed E-state index contributed by atoms with van der Waals surface area (Å²) in [6.45, 7) is 8.26. The SMILES string of the molecule is Cc1ccc(C(=O)N2CCC3(CC2)COC(CN2CCCC2)C3)cc1. The Hall–Kier alpha value is -1.39. The maximum absolute atomic E-state index is 12.7. The molecule has 3 aliphatic rings. The molecule has 0 bridgehead atoms. The van der Waals surface area contributed by atoms with Crippen LogP contribution >= 0.6 is 0 Å². The van der Waals surface area contributed by atoms with Crippen LogP contribution in [-0.2, 0) is 4.74 Å². The molecule has 4 heteroatoms. The molecule has 1 atom stereocenters. The number of amides is 1. The molecule has 0 radical (unpaired) electrons. The summed E-state index contributed by atoms with van der Waals surface area (Å²) in [4.78, 5) is 17.3. The first-order chi connectivity index (χ1) is 12.1. The first-order valence-corrected chi connectivity index (χ1v) is 9.84. The molecule has 4 rings (SSSR count). The number of likely N-dealkylation sites (tertiary alicyclic amines) is 2. The van der Waals surface area contributed by atoms with E-state index in [1.54, 1.807) is 0 Å². The molecule has 0 N–H and O–H groups in total. The number of piperidine rings is 1. The zero-order valence-corrected chi connectivity index (χ0v) is 15.4. The minimum absolute atomic E-state index is 0.183. The van der Waals surface area contributed by atoms with Gasteiger partial charge in [0.05, 0.1) is 12.7 Å². The summed E-state index contributed by atoms with van der Waals surface area (Å²) in [6, 6.07) is 7.94. The summed E-state index contributed by atoms with van der Waals surface area (Å²) >= 11 is 0. The number of rotatable bonds is 3. The second kappa shape index (κ2) is 7.08. The van der Waals surface area contributed by atoms with Gasteiger partial charge in [-0.1, -0.05) is 17.7 Å². The van der Waals surface area contributed by atoms with E-state index in [1.165, 1.54) is 37.9 Å². The summed E-state index contributed by atoms with van der Waals surface area (Å²) in [5.41, 5.74) is 2.33. The van der Waals surface area contributed by atoms with Crippen LogP contribution in [0.15, 0.2) is 24.3 Å². The van der Waals surface area contributed by atoms with Crippen molar-refractivity contribution in [3.05, 3.63) is 35.4 Å². The van der Waals surface area contributed by atoms with Gasteiger partial charge in [0.15, 0.2) is 0 Å². The number of ether oxygens (including phenoxy) is 1. The molecule has 1 spiro atoms. The normalized spacial score (nSPS) is 26.4. The smallest absolute Gasteiger partial charge is 0.253 e. The Bertz CT molecular complexity index is 599. The van der Waals surface area contributed by atoms with Crippen molar-refractivity contribution in [2.24, 2.45) is 5.41 Å². The van der Waals surface area contributed by atoms with Gasteiger partial charge in [0.2, 0.25) is 0 Å². The molecule has 4 nitrogen and oxygen atoms in total. The van der Waals surface area contributed by atoms with Gasteiger partial charge >= 0.3 is 0 Å². The minimum atomic E-state index is 0.183. The van der Waals surface area contributed by atoms with Gasteiger partial charge in [-0.15, -0.1) is 0 Å². The van der Waals surface area contributed by atoms with E-state index in [-0.39, 0.29) is 5.91 Å². The predicted molar refractivity (Wildman–Crippen MR) is 98.8 cm³/mol. The van der Waals surface area contributed by atoms with E-state index in [2.05, 4.69) is 11.8 Å². The fraction of sp³-hybridized carbons (Fsp3) is 0.667. The first-order valence-electron chi connectivity index (χ1n) is 9.84. The molecule has 3 heterocycles. The Morgan fingerprint density at radius 3 is 2.48 bits per heavy atom. The highest BCUT2D eigenvalue weighted by atomic mass is 16.5. The zero-order chi connectivity index (χ0) is 17.3. The van der Waals surface area contributed by atoms with Crippen molar-refractivity contribution >= 4 is 5.91 Å². The van der Waals surface area contributed by atoms with Crippen molar-refractivity contribution in [1.29, 1.82) is 0 Å². The molecule has 1 amide bonds. The van der Waals surface area contributed by atoms with E-state index in [0.29, 0.717) is 11.5 Å². The largest absolute Gasteiger partial charge is 0.376 e. The van der Waals surface area contributed by atoms with Crippen LogP contribution in [0.3, 0.4) is 0 Å². The van der Waals surface area contributed by atoms with Gasteiger partial charge in [-0.2, -0.15) is 0 Å². The monoisotopic (exact) mass is 342 g/mol. The van der Waals surface area contributed by atoms with Crippen molar-refractivity contribution in [3.63, 3.8) is 0 Å². The Morgan fingerprint density at radius 1 is 1.12 bits per heavy atom. The fourth-order valence-electron chi connectivity index (χ4n) is 4.68. The molecule has 0 aliphatic carbocycles. The highest BCUT2D eigenvalue weighted by Gasteiger charge is 2.43. The van der Waals surface area contributed by atoms with Gasteiger partial charge in [0.1, 0.15) is 0 Å². The average Bonchev–Trinajstić information content (AvgIpc) is 3.27. The van der Waals surface area contributed by atoms with E-state index in [4.69, 9.17) is 4.74 Å². The maximum atomic E-state index is 12.7. The minimum Gasteiger partial charge on any atom is -0.376 e. The number of carbonyl (C=O) groups excluding carboxylic acids is 1. The fourth-order valence-corrected chi connectivity index (χ4v) is 4.68. The molecule has 3 aliphatic heterocycles. The topological polar surface area (TPSA) is 32.8 Å². The van der Waals surface area contributed by atoms with E-state index >= 15 is 0 Å². The number of aryl methyl sites for hydroxylation is 1. The quantitative estimate of drug-likeness (QED) is 0.846. The Morgan fingerprint density at radius 2 is 1.80 bits per heavy atom. The Kier molecular flexibility index (Phi) is 4.83. The van der Waals surface area contributed by atoms with Gasteiger partial charge in [0.25, 0.3) is 5.91 Å². The molecule has 0 aromatic heterocycles. The molecular weight excluding hydrogens is 312 g/mol. The highest BCUT2D eigenvalue weighted by Crippen LogP contribution is 2.42. The van der Waals surface area contributed by atoms with Crippen LogP contribution in [-0.4, -0.2) is 61.1 Å². The van der Waals surface area contributed by atoms with Gasteiger partial charge in [0, 0.05) is 25.2 Å². The maximum Gasteiger partial charge on any atom is 0.253 e.